The van der Waals surface area contributed by atoms with Gasteiger partial charge in [0.05, 0.1) is 25.2 Å². The molecule has 0 radical (unpaired) electrons. The Morgan fingerprint density at radius 1 is 1.19 bits per heavy atom. The number of nitrogens with zero attached hydrogens (tertiary/aromatic N) is 1. The van der Waals surface area contributed by atoms with Crippen molar-refractivity contribution >= 4 is 5.97 Å². The lowest BCUT2D eigenvalue weighted by atomic mass is 10.1. The van der Waals surface area contributed by atoms with E-state index in [9.17, 15) is 9.18 Å². The molecule has 0 N–H and O–H groups in total. The van der Waals surface area contributed by atoms with E-state index in [4.69, 9.17) is 14.7 Å². The lowest BCUT2D eigenvalue weighted by Crippen LogP contribution is -2.12. The Morgan fingerprint density at radius 3 is 2.52 bits per heavy atom. The standard InChI is InChI=1S/C16H12FNO3/c1-20-15-8-12(10-18)4-7-14(15)21-16(19)9-11-2-5-13(17)6-3-11/h2-8H,9H2,1H3. The third-order valence-corrected chi connectivity index (χ3v) is 2.78. The van der Waals surface area contributed by atoms with Crippen LogP contribution in [0.15, 0.2) is 42.5 Å². The number of esters is 1. The maximum atomic E-state index is 12.8. The highest BCUT2D eigenvalue weighted by atomic mass is 19.1. The monoisotopic (exact) mass is 285 g/mol. The van der Waals surface area contributed by atoms with Crippen molar-refractivity contribution in [3.63, 3.8) is 0 Å². The van der Waals surface area contributed by atoms with Crippen LogP contribution in [0.5, 0.6) is 11.5 Å². The molecule has 0 saturated heterocycles. The van der Waals surface area contributed by atoms with E-state index in [1.54, 1.807) is 0 Å². The Kier molecular flexibility index (Phi) is 4.52. The van der Waals surface area contributed by atoms with E-state index >= 15 is 0 Å². The van der Waals surface area contributed by atoms with Crippen LogP contribution in [0.2, 0.25) is 0 Å². The predicted octanol–water partition coefficient (Wildman–Crippen LogP) is 2.85. The zero-order valence-electron chi connectivity index (χ0n) is 11.3. The number of nitriles is 1. The van der Waals surface area contributed by atoms with Crippen molar-refractivity contribution in [1.82, 2.24) is 0 Å². The molecule has 0 amide bonds. The van der Waals surface area contributed by atoms with Gasteiger partial charge in [-0.05, 0) is 29.8 Å². The molecule has 2 aromatic rings. The zero-order chi connectivity index (χ0) is 15.2. The van der Waals surface area contributed by atoms with Gasteiger partial charge in [-0.2, -0.15) is 5.26 Å². The van der Waals surface area contributed by atoms with Gasteiger partial charge in [-0.25, -0.2) is 4.39 Å². The molecular formula is C16H12FNO3. The summed E-state index contributed by atoms with van der Waals surface area (Å²) in [5.41, 5.74) is 1.05. The van der Waals surface area contributed by atoms with Crippen LogP contribution in [0.4, 0.5) is 4.39 Å². The Hall–Kier alpha value is -2.87. The minimum Gasteiger partial charge on any atom is -0.493 e. The van der Waals surface area contributed by atoms with E-state index in [1.807, 2.05) is 6.07 Å². The van der Waals surface area contributed by atoms with Gasteiger partial charge in [-0.1, -0.05) is 12.1 Å². The Morgan fingerprint density at radius 2 is 1.90 bits per heavy atom. The molecule has 0 fully saturated rings. The molecule has 0 heterocycles. The fraction of sp³-hybridized carbons (Fsp3) is 0.125. The lowest BCUT2D eigenvalue weighted by molar-refractivity contribution is -0.133. The summed E-state index contributed by atoms with van der Waals surface area (Å²) in [6.45, 7) is 0. The molecule has 5 heteroatoms. The minimum atomic E-state index is -0.496. The second-order valence-corrected chi connectivity index (χ2v) is 4.25. The SMILES string of the molecule is COc1cc(C#N)ccc1OC(=O)Cc1ccc(F)cc1. The first-order valence-corrected chi connectivity index (χ1v) is 6.15. The van der Waals surface area contributed by atoms with Crippen molar-refractivity contribution in [3.8, 4) is 17.6 Å². The van der Waals surface area contributed by atoms with Crippen LogP contribution < -0.4 is 9.47 Å². The topological polar surface area (TPSA) is 59.3 Å². The maximum Gasteiger partial charge on any atom is 0.315 e. The first-order chi connectivity index (χ1) is 10.1. The molecule has 2 aromatic carbocycles. The van der Waals surface area contributed by atoms with E-state index < -0.39 is 5.97 Å². The summed E-state index contributed by atoms with van der Waals surface area (Å²) in [6, 6.07) is 12.1. The molecule has 0 saturated carbocycles. The highest BCUT2D eigenvalue weighted by molar-refractivity contribution is 5.76. The fourth-order valence-corrected chi connectivity index (χ4v) is 1.75. The second kappa shape index (κ2) is 6.53. The van der Waals surface area contributed by atoms with Gasteiger partial charge in [-0.3, -0.25) is 4.79 Å². The Balaban J connectivity index is 2.09. The first kappa shape index (κ1) is 14.5. The summed E-state index contributed by atoms with van der Waals surface area (Å²) in [4.78, 5) is 11.9. The average Bonchev–Trinajstić information content (AvgIpc) is 2.50. The smallest absolute Gasteiger partial charge is 0.315 e. The Bertz CT molecular complexity index is 690. The van der Waals surface area contributed by atoms with Crippen molar-refractivity contribution in [3.05, 3.63) is 59.4 Å². The maximum absolute atomic E-state index is 12.8. The number of benzene rings is 2. The van der Waals surface area contributed by atoms with Crippen LogP contribution in [0.1, 0.15) is 11.1 Å². The van der Waals surface area contributed by atoms with E-state index in [-0.39, 0.29) is 18.0 Å². The molecular weight excluding hydrogens is 273 g/mol. The van der Waals surface area contributed by atoms with Gasteiger partial charge in [0.2, 0.25) is 0 Å². The van der Waals surface area contributed by atoms with Crippen molar-refractivity contribution in [2.24, 2.45) is 0 Å². The molecule has 0 atom stereocenters. The highest BCUT2D eigenvalue weighted by Gasteiger charge is 2.11. The second-order valence-electron chi connectivity index (χ2n) is 4.25. The number of rotatable bonds is 4. The molecule has 106 valence electrons. The van der Waals surface area contributed by atoms with Crippen LogP contribution in [0.25, 0.3) is 0 Å². The van der Waals surface area contributed by atoms with Gasteiger partial charge in [0.1, 0.15) is 5.82 Å². The van der Waals surface area contributed by atoms with E-state index in [0.29, 0.717) is 16.9 Å². The third-order valence-electron chi connectivity index (χ3n) is 2.78. The molecule has 4 nitrogen and oxygen atoms in total. The summed E-state index contributed by atoms with van der Waals surface area (Å²) >= 11 is 0. The van der Waals surface area contributed by atoms with Gasteiger partial charge >= 0.3 is 5.97 Å². The molecule has 0 aliphatic heterocycles. The summed E-state index contributed by atoms with van der Waals surface area (Å²) in [5, 5.41) is 8.80. The third kappa shape index (κ3) is 3.80. The van der Waals surface area contributed by atoms with Crippen molar-refractivity contribution in [2.45, 2.75) is 6.42 Å². The van der Waals surface area contributed by atoms with E-state index in [2.05, 4.69) is 0 Å². The Labute approximate surface area is 121 Å². The van der Waals surface area contributed by atoms with Gasteiger partial charge in [-0.15, -0.1) is 0 Å². The van der Waals surface area contributed by atoms with Gasteiger partial charge < -0.3 is 9.47 Å². The molecule has 2 rings (SSSR count). The quantitative estimate of drug-likeness (QED) is 0.640. The number of carbonyl (C=O) groups is 1. The van der Waals surface area contributed by atoms with Gasteiger partial charge in [0.25, 0.3) is 0 Å². The minimum absolute atomic E-state index is 0.0173. The van der Waals surface area contributed by atoms with Crippen LogP contribution >= 0.6 is 0 Å². The van der Waals surface area contributed by atoms with Crippen LogP contribution in [-0.4, -0.2) is 13.1 Å². The van der Waals surface area contributed by atoms with Crippen LogP contribution in [-0.2, 0) is 11.2 Å². The summed E-state index contributed by atoms with van der Waals surface area (Å²) in [5.74, 6) is -0.310. The summed E-state index contributed by atoms with van der Waals surface area (Å²) in [7, 11) is 1.42. The molecule has 0 unspecified atom stereocenters. The summed E-state index contributed by atoms with van der Waals surface area (Å²) in [6.07, 6.45) is 0.0173. The normalized spacial score (nSPS) is 9.76. The number of carbonyl (C=O) groups excluding carboxylic acids is 1. The van der Waals surface area contributed by atoms with E-state index in [1.165, 1.54) is 49.6 Å². The number of halogens is 1. The van der Waals surface area contributed by atoms with Crippen LogP contribution in [0, 0.1) is 17.1 Å². The molecule has 0 aliphatic rings. The predicted molar refractivity (Wildman–Crippen MR) is 73.4 cm³/mol. The number of ether oxygens (including phenoxy) is 2. The van der Waals surface area contributed by atoms with E-state index in [0.717, 1.165) is 0 Å². The largest absolute Gasteiger partial charge is 0.493 e. The molecule has 0 bridgehead atoms. The van der Waals surface area contributed by atoms with Gasteiger partial charge in [0, 0.05) is 6.07 Å². The van der Waals surface area contributed by atoms with Crippen LogP contribution in [0.3, 0.4) is 0 Å². The number of hydrogen-bond donors (Lipinski definition) is 0. The van der Waals surface area contributed by atoms with Crippen molar-refractivity contribution < 1.29 is 18.7 Å². The van der Waals surface area contributed by atoms with Crippen molar-refractivity contribution in [1.29, 1.82) is 5.26 Å². The highest BCUT2D eigenvalue weighted by Crippen LogP contribution is 2.28. The fourth-order valence-electron chi connectivity index (χ4n) is 1.75. The number of methoxy groups -OCH3 is 1. The summed E-state index contributed by atoms with van der Waals surface area (Å²) < 4.78 is 23.1. The van der Waals surface area contributed by atoms with Crippen molar-refractivity contribution in [2.75, 3.05) is 7.11 Å². The van der Waals surface area contributed by atoms with Gasteiger partial charge in [0.15, 0.2) is 11.5 Å². The molecule has 0 aliphatic carbocycles. The first-order valence-electron chi connectivity index (χ1n) is 6.15. The average molecular weight is 285 g/mol. The molecule has 0 aromatic heterocycles. The number of hydrogen-bond acceptors (Lipinski definition) is 4. The lowest BCUT2D eigenvalue weighted by Gasteiger charge is -2.09. The zero-order valence-corrected chi connectivity index (χ0v) is 11.3. The molecule has 21 heavy (non-hydrogen) atoms. The molecule has 0 spiro atoms.